The molecule has 21 heavy (non-hydrogen) atoms. The maximum atomic E-state index is 6.45. The van der Waals surface area contributed by atoms with Gasteiger partial charge in [-0.3, -0.25) is 0 Å². The first kappa shape index (κ1) is 15.6. The van der Waals surface area contributed by atoms with Crippen molar-refractivity contribution in [3.63, 3.8) is 0 Å². The molecule has 2 aliphatic rings. The molecule has 2 aliphatic carbocycles. The Morgan fingerprint density at radius 3 is 2.71 bits per heavy atom. The minimum absolute atomic E-state index is 0.376. The number of halogens is 2. The molecule has 0 radical (unpaired) electrons. The van der Waals surface area contributed by atoms with Crippen molar-refractivity contribution in [2.45, 2.75) is 52.0 Å². The Labute approximate surface area is 138 Å². The largest absolute Gasteiger partial charge is 0.314 e. The van der Waals surface area contributed by atoms with E-state index in [4.69, 9.17) is 23.2 Å². The Morgan fingerprint density at radius 2 is 2.10 bits per heavy atom. The van der Waals surface area contributed by atoms with Gasteiger partial charge in [0.1, 0.15) is 0 Å². The van der Waals surface area contributed by atoms with E-state index in [1.54, 1.807) is 0 Å². The van der Waals surface area contributed by atoms with E-state index in [9.17, 15) is 0 Å². The maximum Gasteiger partial charge on any atom is 0.0624 e. The van der Waals surface area contributed by atoms with Crippen LogP contribution in [-0.4, -0.2) is 12.6 Å². The summed E-state index contributed by atoms with van der Waals surface area (Å²) in [5.41, 5.74) is 1.60. The third-order valence-electron chi connectivity index (χ3n) is 5.54. The Bertz CT molecular complexity index is 514. The van der Waals surface area contributed by atoms with Crippen molar-refractivity contribution in [2.75, 3.05) is 6.54 Å². The summed E-state index contributed by atoms with van der Waals surface area (Å²) in [5, 5.41) is 5.13. The molecular formula is C18H25Cl2N. The van der Waals surface area contributed by atoms with Crippen LogP contribution >= 0.6 is 23.2 Å². The summed E-state index contributed by atoms with van der Waals surface area (Å²) in [6.07, 6.45) is 6.64. The van der Waals surface area contributed by atoms with Crippen LogP contribution in [-0.2, 0) is 6.42 Å². The SMILES string of the molecule is CC(C)NCC1(Cc2cccc(Cl)c2Cl)CC2CCC1C2. The number of nitrogens with one attached hydrogen (secondary N) is 1. The summed E-state index contributed by atoms with van der Waals surface area (Å²) in [7, 11) is 0. The molecule has 3 atom stereocenters. The molecule has 0 heterocycles. The van der Waals surface area contributed by atoms with Crippen LogP contribution in [0.5, 0.6) is 0 Å². The van der Waals surface area contributed by atoms with Crippen LogP contribution in [0.25, 0.3) is 0 Å². The van der Waals surface area contributed by atoms with Gasteiger partial charge in [-0.05, 0) is 54.6 Å². The first-order valence-corrected chi connectivity index (χ1v) is 8.92. The van der Waals surface area contributed by atoms with E-state index in [2.05, 4.69) is 25.2 Å². The Balaban J connectivity index is 1.84. The van der Waals surface area contributed by atoms with Crippen molar-refractivity contribution in [3.8, 4) is 0 Å². The van der Waals surface area contributed by atoms with Crippen LogP contribution in [0.15, 0.2) is 18.2 Å². The summed E-state index contributed by atoms with van der Waals surface area (Å²) < 4.78 is 0. The lowest BCUT2D eigenvalue weighted by Gasteiger charge is -2.39. The minimum atomic E-state index is 0.376. The van der Waals surface area contributed by atoms with E-state index >= 15 is 0 Å². The molecule has 1 aromatic carbocycles. The molecule has 1 aromatic rings. The Hall–Kier alpha value is -0.240. The standard InChI is InChI=1S/C18H25Cl2N/c1-12(2)21-11-18(9-13-6-7-15(18)8-13)10-14-4-3-5-16(19)17(14)20/h3-5,12-13,15,21H,6-11H2,1-2H3. The second kappa shape index (κ2) is 6.10. The van der Waals surface area contributed by atoms with E-state index in [0.717, 1.165) is 29.8 Å². The Morgan fingerprint density at radius 1 is 1.29 bits per heavy atom. The van der Waals surface area contributed by atoms with Gasteiger partial charge in [-0.25, -0.2) is 0 Å². The van der Waals surface area contributed by atoms with Gasteiger partial charge in [-0.1, -0.05) is 55.6 Å². The van der Waals surface area contributed by atoms with Gasteiger partial charge in [-0.15, -0.1) is 0 Å². The van der Waals surface area contributed by atoms with E-state index in [-0.39, 0.29) is 0 Å². The minimum Gasteiger partial charge on any atom is -0.314 e. The van der Waals surface area contributed by atoms with Crippen LogP contribution in [0.1, 0.15) is 45.1 Å². The second-order valence-corrected chi connectivity index (χ2v) is 8.15. The molecule has 2 fully saturated rings. The lowest BCUT2D eigenvalue weighted by atomic mass is 9.69. The second-order valence-electron chi connectivity index (χ2n) is 7.37. The smallest absolute Gasteiger partial charge is 0.0624 e. The molecular weight excluding hydrogens is 301 g/mol. The van der Waals surface area contributed by atoms with Crippen molar-refractivity contribution in [2.24, 2.45) is 17.3 Å². The number of benzene rings is 1. The van der Waals surface area contributed by atoms with Gasteiger partial charge in [0.15, 0.2) is 0 Å². The summed E-state index contributed by atoms with van der Waals surface area (Å²) in [6.45, 7) is 5.56. The molecule has 1 N–H and O–H groups in total. The lowest BCUT2D eigenvalue weighted by Crippen LogP contribution is -2.42. The zero-order valence-electron chi connectivity index (χ0n) is 13.0. The predicted octanol–water partition coefficient (Wildman–Crippen LogP) is 5.34. The maximum absolute atomic E-state index is 6.45. The van der Waals surface area contributed by atoms with E-state index in [1.807, 2.05) is 12.1 Å². The third kappa shape index (κ3) is 3.11. The van der Waals surface area contributed by atoms with Gasteiger partial charge in [-0.2, -0.15) is 0 Å². The highest BCUT2D eigenvalue weighted by Gasteiger charge is 2.50. The van der Waals surface area contributed by atoms with Crippen molar-refractivity contribution in [1.82, 2.24) is 5.32 Å². The molecule has 3 rings (SSSR count). The first-order valence-electron chi connectivity index (χ1n) is 8.16. The monoisotopic (exact) mass is 325 g/mol. The Kier molecular flexibility index (Phi) is 4.55. The molecule has 2 bridgehead atoms. The van der Waals surface area contributed by atoms with Crippen LogP contribution in [0.3, 0.4) is 0 Å². The highest BCUT2D eigenvalue weighted by molar-refractivity contribution is 6.42. The van der Waals surface area contributed by atoms with Gasteiger partial charge in [0.2, 0.25) is 0 Å². The fourth-order valence-corrected chi connectivity index (χ4v) is 4.91. The molecule has 0 spiro atoms. The number of hydrogen-bond acceptors (Lipinski definition) is 1. The predicted molar refractivity (Wildman–Crippen MR) is 91.2 cm³/mol. The summed E-state index contributed by atoms with van der Waals surface area (Å²) >= 11 is 12.6. The van der Waals surface area contributed by atoms with Crippen LogP contribution < -0.4 is 5.32 Å². The molecule has 3 unspecified atom stereocenters. The summed E-state index contributed by atoms with van der Waals surface area (Å²) in [5.74, 6) is 1.78. The molecule has 0 aromatic heterocycles. The number of hydrogen-bond donors (Lipinski definition) is 1. The highest BCUT2D eigenvalue weighted by atomic mass is 35.5. The average molecular weight is 326 g/mol. The molecule has 0 amide bonds. The van der Waals surface area contributed by atoms with Crippen molar-refractivity contribution in [1.29, 1.82) is 0 Å². The molecule has 2 saturated carbocycles. The van der Waals surface area contributed by atoms with Gasteiger partial charge >= 0.3 is 0 Å². The number of fused-ring (bicyclic) bond motifs is 2. The zero-order chi connectivity index (χ0) is 15.0. The molecule has 1 nitrogen and oxygen atoms in total. The molecule has 3 heteroatoms. The van der Waals surface area contributed by atoms with Gasteiger partial charge in [0, 0.05) is 12.6 Å². The zero-order valence-corrected chi connectivity index (χ0v) is 14.5. The van der Waals surface area contributed by atoms with Crippen molar-refractivity contribution in [3.05, 3.63) is 33.8 Å². The van der Waals surface area contributed by atoms with Crippen LogP contribution in [0.4, 0.5) is 0 Å². The molecule has 0 aliphatic heterocycles. The van der Waals surface area contributed by atoms with E-state index in [0.29, 0.717) is 16.5 Å². The van der Waals surface area contributed by atoms with E-state index < -0.39 is 0 Å². The molecule has 0 saturated heterocycles. The van der Waals surface area contributed by atoms with Gasteiger partial charge < -0.3 is 5.32 Å². The first-order chi connectivity index (χ1) is 10.00. The normalized spacial score (nSPS) is 31.3. The fraction of sp³-hybridized carbons (Fsp3) is 0.667. The van der Waals surface area contributed by atoms with Gasteiger partial charge in [0.05, 0.1) is 10.0 Å². The van der Waals surface area contributed by atoms with Gasteiger partial charge in [0.25, 0.3) is 0 Å². The van der Waals surface area contributed by atoms with E-state index in [1.165, 1.54) is 31.2 Å². The highest BCUT2D eigenvalue weighted by Crippen LogP contribution is 2.57. The van der Waals surface area contributed by atoms with Crippen molar-refractivity contribution >= 4 is 23.2 Å². The summed E-state index contributed by atoms with van der Waals surface area (Å²) in [6, 6.07) is 6.60. The number of rotatable bonds is 5. The van der Waals surface area contributed by atoms with Crippen LogP contribution in [0, 0.1) is 17.3 Å². The average Bonchev–Trinajstić information content (AvgIpc) is 3.03. The fourth-order valence-electron chi connectivity index (χ4n) is 4.53. The van der Waals surface area contributed by atoms with Crippen molar-refractivity contribution < 1.29 is 0 Å². The van der Waals surface area contributed by atoms with Crippen LogP contribution in [0.2, 0.25) is 10.0 Å². The quantitative estimate of drug-likeness (QED) is 0.770. The topological polar surface area (TPSA) is 12.0 Å². The summed E-state index contributed by atoms with van der Waals surface area (Å²) in [4.78, 5) is 0. The molecule has 116 valence electrons. The lowest BCUT2D eigenvalue weighted by molar-refractivity contribution is 0.152. The third-order valence-corrected chi connectivity index (χ3v) is 6.40.